The fourth-order valence-electron chi connectivity index (χ4n) is 2.87. The van der Waals surface area contributed by atoms with Crippen molar-refractivity contribution in [2.75, 3.05) is 10.6 Å². The van der Waals surface area contributed by atoms with Gasteiger partial charge in [0, 0.05) is 16.8 Å². The monoisotopic (exact) mass is 398 g/mol. The molecule has 0 aromatic heterocycles. The van der Waals surface area contributed by atoms with Gasteiger partial charge in [-0.05, 0) is 67.4 Å². The highest BCUT2D eigenvalue weighted by Crippen LogP contribution is 2.21. The second-order valence-corrected chi connectivity index (χ2v) is 6.59. The fraction of sp³-hybridized carbons (Fsp3) is 0.0909. The van der Waals surface area contributed by atoms with Crippen molar-refractivity contribution in [1.82, 2.24) is 0 Å². The van der Waals surface area contributed by atoms with Crippen molar-refractivity contribution < 1.29 is 22.8 Å². The van der Waals surface area contributed by atoms with Crippen LogP contribution in [0.2, 0.25) is 0 Å². The quantitative estimate of drug-likeness (QED) is 0.592. The van der Waals surface area contributed by atoms with Crippen LogP contribution < -0.4 is 10.6 Å². The number of benzene rings is 3. The molecule has 29 heavy (non-hydrogen) atoms. The van der Waals surface area contributed by atoms with Gasteiger partial charge >= 0.3 is 0 Å². The molecule has 0 aliphatic heterocycles. The Morgan fingerprint density at radius 1 is 0.724 bits per heavy atom. The van der Waals surface area contributed by atoms with Gasteiger partial charge < -0.3 is 10.6 Å². The zero-order valence-corrected chi connectivity index (χ0v) is 15.6. The molecule has 3 rings (SSSR count). The SMILES string of the molecule is Cc1cc(C)cc(NC(=O)c2cccc(C(=O)Nc3ccc(F)c(F)c3F)c2)c1. The first-order valence-corrected chi connectivity index (χ1v) is 8.69. The predicted octanol–water partition coefficient (Wildman–Crippen LogP) is 5.23. The van der Waals surface area contributed by atoms with E-state index in [1.807, 2.05) is 32.0 Å². The van der Waals surface area contributed by atoms with Crippen LogP contribution in [0.15, 0.2) is 54.6 Å². The standard InChI is InChI=1S/C22H17F3N2O2/c1-12-8-13(2)10-16(9-12)26-21(28)14-4-3-5-15(11-14)22(29)27-18-7-6-17(23)19(24)20(18)25/h3-11H,1-2H3,(H,26,28)(H,27,29). The molecule has 0 radical (unpaired) electrons. The average molecular weight is 398 g/mol. The molecule has 148 valence electrons. The molecule has 0 bridgehead atoms. The van der Waals surface area contributed by atoms with E-state index in [9.17, 15) is 22.8 Å². The van der Waals surface area contributed by atoms with Crippen LogP contribution in [0.1, 0.15) is 31.8 Å². The van der Waals surface area contributed by atoms with Crippen LogP contribution in [0.4, 0.5) is 24.5 Å². The zero-order valence-electron chi connectivity index (χ0n) is 15.6. The van der Waals surface area contributed by atoms with Crippen molar-refractivity contribution in [3.05, 3.63) is 94.3 Å². The number of carbonyl (C=O) groups is 2. The summed E-state index contributed by atoms with van der Waals surface area (Å²) in [5.41, 5.74) is 2.36. The minimum absolute atomic E-state index is 0.0576. The predicted molar refractivity (Wildman–Crippen MR) is 105 cm³/mol. The molecule has 7 heteroatoms. The third-order valence-electron chi connectivity index (χ3n) is 4.15. The van der Waals surface area contributed by atoms with Gasteiger partial charge in [-0.25, -0.2) is 13.2 Å². The van der Waals surface area contributed by atoms with Gasteiger partial charge in [0.25, 0.3) is 11.8 Å². The average Bonchev–Trinajstić information content (AvgIpc) is 2.67. The van der Waals surface area contributed by atoms with E-state index in [4.69, 9.17) is 0 Å². The van der Waals surface area contributed by atoms with Crippen LogP contribution in [0, 0.1) is 31.3 Å². The molecule has 3 aromatic carbocycles. The Morgan fingerprint density at radius 3 is 1.93 bits per heavy atom. The number of halogens is 3. The summed E-state index contributed by atoms with van der Waals surface area (Å²) >= 11 is 0. The highest BCUT2D eigenvalue weighted by molar-refractivity contribution is 6.08. The molecule has 0 spiro atoms. The van der Waals surface area contributed by atoms with Gasteiger partial charge in [-0.15, -0.1) is 0 Å². The molecule has 0 saturated carbocycles. The van der Waals surface area contributed by atoms with Gasteiger partial charge in [0.1, 0.15) is 0 Å². The number of hydrogen-bond donors (Lipinski definition) is 2. The lowest BCUT2D eigenvalue weighted by Gasteiger charge is -2.10. The molecule has 0 heterocycles. The molecule has 0 fully saturated rings. The van der Waals surface area contributed by atoms with E-state index in [0.717, 1.165) is 17.2 Å². The summed E-state index contributed by atoms with van der Waals surface area (Å²) in [5.74, 6) is -5.73. The Balaban J connectivity index is 1.79. The molecule has 0 atom stereocenters. The number of amides is 2. The van der Waals surface area contributed by atoms with Crippen LogP contribution in [0.25, 0.3) is 0 Å². The van der Waals surface area contributed by atoms with E-state index < -0.39 is 35.0 Å². The van der Waals surface area contributed by atoms with Crippen LogP contribution >= 0.6 is 0 Å². The molecule has 2 N–H and O–H groups in total. The zero-order chi connectivity index (χ0) is 21.1. The summed E-state index contributed by atoms with van der Waals surface area (Å²) in [5, 5.41) is 4.93. The maximum absolute atomic E-state index is 13.8. The van der Waals surface area contributed by atoms with Crippen molar-refractivity contribution >= 4 is 23.2 Å². The minimum atomic E-state index is -1.68. The van der Waals surface area contributed by atoms with Crippen LogP contribution in [-0.2, 0) is 0 Å². The van der Waals surface area contributed by atoms with Crippen LogP contribution in [0.5, 0.6) is 0 Å². The normalized spacial score (nSPS) is 10.5. The van der Waals surface area contributed by atoms with Crippen molar-refractivity contribution in [2.45, 2.75) is 13.8 Å². The first-order chi connectivity index (χ1) is 13.7. The smallest absolute Gasteiger partial charge is 0.255 e. The highest BCUT2D eigenvalue weighted by atomic mass is 19.2. The number of nitrogens with one attached hydrogen (secondary N) is 2. The Morgan fingerprint density at radius 2 is 1.31 bits per heavy atom. The number of aryl methyl sites for hydroxylation is 2. The molecule has 0 unspecified atom stereocenters. The molecule has 2 amide bonds. The maximum Gasteiger partial charge on any atom is 0.255 e. The van der Waals surface area contributed by atoms with E-state index in [0.29, 0.717) is 11.8 Å². The molecule has 0 aliphatic carbocycles. The van der Waals surface area contributed by atoms with E-state index in [1.54, 1.807) is 0 Å². The molecular weight excluding hydrogens is 381 g/mol. The second-order valence-electron chi connectivity index (χ2n) is 6.59. The lowest BCUT2D eigenvalue weighted by Crippen LogP contribution is -2.16. The third kappa shape index (κ3) is 4.63. The molecule has 0 aliphatic rings. The molecule has 4 nitrogen and oxygen atoms in total. The fourth-order valence-corrected chi connectivity index (χ4v) is 2.87. The van der Waals surface area contributed by atoms with E-state index in [1.165, 1.54) is 24.3 Å². The number of carbonyl (C=O) groups excluding carboxylic acids is 2. The van der Waals surface area contributed by atoms with E-state index in [-0.39, 0.29) is 11.1 Å². The summed E-state index contributed by atoms with van der Waals surface area (Å²) in [6, 6.07) is 13.0. The van der Waals surface area contributed by atoms with Crippen LogP contribution in [0.3, 0.4) is 0 Å². The van der Waals surface area contributed by atoms with Crippen molar-refractivity contribution in [3.8, 4) is 0 Å². The van der Waals surface area contributed by atoms with Gasteiger partial charge in [-0.1, -0.05) is 12.1 Å². The van der Waals surface area contributed by atoms with Crippen molar-refractivity contribution in [2.24, 2.45) is 0 Å². The van der Waals surface area contributed by atoms with Gasteiger partial charge in [0.05, 0.1) is 5.69 Å². The van der Waals surface area contributed by atoms with Gasteiger partial charge in [-0.3, -0.25) is 9.59 Å². The number of anilines is 2. The summed E-state index contributed by atoms with van der Waals surface area (Å²) in [6.07, 6.45) is 0. The highest BCUT2D eigenvalue weighted by Gasteiger charge is 2.17. The summed E-state index contributed by atoms with van der Waals surface area (Å²) in [4.78, 5) is 24.9. The van der Waals surface area contributed by atoms with Gasteiger partial charge in [0.15, 0.2) is 17.5 Å². The Labute approximate surface area is 165 Å². The Kier molecular flexibility index (Phi) is 5.68. The molecule has 0 saturated heterocycles. The van der Waals surface area contributed by atoms with Crippen molar-refractivity contribution in [1.29, 1.82) is 0 Å². The maximum atomic E-state index is 13.8. The van der Waals surface area contributed by atoms with Gasteiger partial charge in [-0.2, -0.15) is 0 Å². The van der Waals surface area contributed by atoms with Crippen molar-refractivity contribution in [3.63, 3.8) is 0 Å². The summed E-state index contributed by atoms with van der Waals surface area (Å²) < 4.78 is 40.1. The minimum Gasteiger partial charge on any atom is -0.322 e. The Hall–Kier alpha value is -3.61. The molecule has 3 aromatic rings. The second kappa shape index (κ2) is 8.18. The lowest BCUT2D eigenvalue weighted by atomic mass is 10.1. The largest absolute Gasteiger partial charge is 0.322 e. The Bertz CT molecular complexity index is 1090. The molecular formula is C22H17F3N2O2. The first-order valence-electron chi connectivity index (χ1n) is 8.69. The summed E-state index contributed by atoms with van der Waals surface area (Å²) in [6.45, 7) is 3.82. The third-order valence-corrected chi connectivity index (χ3v) is 4.15. The lowest BCUT2D eigenvalue weighted by molar-refractivity contribution is 0.102. The summed E-state index contributed by atoms with van der Waals surface area (Å²) in [7, 11) is 0. The van der Waals surface area contributed by atoms with Crippen LogP contribution in [-0.4, -0.2) is 11.8 Å². The number of rotatable bonds is 4. The topological polar surface area (TPSA) is 58.2 Å². The van der Waals surface area contributed by atoms with E-state index >= 15 is 0 Å². The number of hydrogen-bond acceptors (Lipinski definition) is 2. The first kappa shape index (κ1) is 20.1. The van der Waals surface area contributed by atoms with E-state index in [2.05, 4.69) is 10.6 Å². The van der Waals surface area contributed by atoms with Gasteiger partial charge in [0.2, 0.25) is 0 Å².